The Hall–Kier alpha value is -1.51. The number of furan rings is 1. The number of hydrogen-bond donors (Lipinski definition) is 1. The summed E-state index contributed by atoms with van der Waals surface area (Å²) in [5, 5.41) is 2.89. The highest BCUT2D eigenvalue weighted by atomic mass is 16.3. The van der Waals surface area contributed by atoms with E-state index in [0.717, 1.165) is 18.7 Å². The zero-order valence-electron chi connectivity index (χ0n) is 12.8. The van der Waals surface area contributed by atoms with Gasteiger partial charge in [0.1, 0.15) is 11.5 Å². The molecule has 1 heterocycles. The Kier molecular flexibility index (Phi) is 8.52. The first-order valence-electron chi connectivity index (χ1n) is 7.74. The summed E-state index contributed by atoms with van der Waals surface area (Å²) < 4.78 is 5.36. The van der Waals surface area contributed by atoms with Gasteiger partial charge in [-0.05, 0) is 31.6 Å². The highest BCUT2D eigenvalue weighted by Crippen LogP contribution is 2.08. The third kappa shape index (κ3) is 7.82. The number of carbonyl (C=O) groups excluding carboxylic acids is 1. The van der Waals surface area contributed by atoms with Gasteiger partial charge >= 0.3 is 0 Å². The lowest BCUT2D eigenvalue weighted by Crippen LogP contribution is -2.21. The first-order chi connectivity index (χ1) is 9.72. The smallest absolute Gasteiger partial charge is 0.244 e. The predicted molar refractivity (Wildman–Crippen MR) is 83.5 cm³/mol. The van der Waals surface area contributed by atoms with Crippen molar-refractivity contribution in [2.24, 2.45) is 0 Å². The van der Waals surface area contributed by atoms with E-state index in [1.54, 1.807) is 6.08 Å². The van der Waals surface area contributed by atoms with Gasteiger partial charge in [0, 0.05) is 12.6 Å². The maximum atomic E-state index is 11.6. The molecule has 3 nitrogen and oxygen atoms in total. The normalized spacial score (nSPS) is 11.1. The minimum Gasteiger partial charge on any atom is -0.462 e. The molecule has 0 aromatic carbocycles. The average molecular weight is 277 g/mol. The zero-order chi connectivity index (χ0) is 14.6. The van der Waals surface area contributed by atoms with Crippen molar-refractivity contribution in [1.29, 1.82) is 0 Å². The van der Waals surface area contributed by atoms with E-state index in [1.807, 2.05) is 19.1 Å². The van der Waals surface area contributed by atoms with Crippen LogP contribution in [0.2, 0.25) is 0 Å². The SMILES string of the molecule is CCCCCCCCCNC(=O)/C=C/c1ccc(C)o1. The zero-order valence-corrected chi connectivity index (χ0v) is 12.8. The molecule has 0 unspecified atom stereocenters. The molecule has 20 heavy (non-hydrogen) atoms. The lowest BCUT2D eigenvalue weighted by molar-refractivity contribution is -0.116. The summed E-state index contributed by atoms with van der Waals surface area (Å²) in [5.41, 5.74) is 0. The van der Waals surface area contributed by atoms with Crippen LogP contribution in [0.15, 0.2) is 22.6 Å². The fourth-order valence-corrected chi connectivity index (χ4v) is 2.05. The summed E-state index contributed by atoms with van der Waals surface area (Å²) in [5.74, 6) is 1.52. The molecule has 0 aliphatic rings. The molecular formula is C17H27NO2. The first-order valence-corrected chi connectivity index (χ1v) is 7.74. The van der Waals surface area contributed by atoms with Gasteiger partial charge in [0.25, 0.3) is 0 Å². The second-order valence-electron chi connectivity index (χ2n) is 5.19. The Bertz CT molecular complexity index is 407. The van der Waals surface area contributed by atoms with Gasteiger partial charge in [-0.25, -0.2) is 0 Å². The molecule has 0 aliphatic heterocycles. The molecule has 0 atom stereocenters. The number of carbonyl (C=O) groups is 1. The monoisotopic (exact) mass is 277 g/mol. The lowest BCUT2D eigenvalue weighted by Gasteiger charge is -2.02. The fraction of sp³-hybridized carbons (Fsp3) is 0.588. The van der Waals surface area contributed by atoms with Crippen LogP contribution in [0.3, 0.4) is 0 Å². The van der Waals surface area contributed by atoms with E-state index in [9.17, 15) is 4.79 Å². The molecule has 0 saturated carbocycles. The molecule has 112 valence electrons. The van der Waals surface area contributed by atoms with Gasteiger partial charge in [-0.1, -0.05) is 45.4 Å². The summed E-state index contributed by atoms with van der Waals surface area (Å²) in [6.45, 7) is 4.87. The first kappa shape index (κ1) is 16.5. The fourth-order valence-electron chi connectivity index (χ4n) is 2.05. The van der Waals surface area contributed by atoms with Crippen molar-refractivity contribution < 1.29 is 9.21 Å². The summed E-state index contributed by atoms with van der Waals surface area (Å²) in [4.78, 5) is 11.6. The second-order valence-corrected chi connectivity index (χ2v) is 5.19. The number of amides is 1. The molecule has 1 aromatic heterocycles. The molecule has 0 bridgehead atoms. The van der Waals surface area contributed by atoms with E-state index in [1.165, 1.54) is 44.6 Å². The third-order valence-electron chi connectivity index (χ3n) is 3.24. The summed E-state index contributed by atoms with van der Waals surface area (Å²) >= 11 is 0. The highest BCUT2D eigenvalue weighted by Gasteiger charge is 1.97. The minimum atomic E-state index is -0.0509. The Morgan fingerprint density at radius 3 is 2.50 bits per heavy atom. The molecule has 0 saturated heterocycles. The topological polar surface area (TPSA) is 42.2 Å². The summed E-state index contributed by atoms with van der Waals surface area (Å²) in [6, 6.07) is 3.74. The number of aryl methyl sites for hydroxylation is 1. The van der Waals surface area contributed by atoms with Crippen molar-refractivity contribution in [2.45, 2.75) is 58.8 Å². The number of unbranched alkanes of at least 4 members (excludes halogenated alkanes) is 6. The predicted octanol–water partition coefficient (Wildman–Crippen LogP) is 4.47. The Balaban J connectivity index is 2.01. The van der Waals surface area contributed by atoms with Crippen molar-refractivity contribution in [3.05, 3.63) is 29.7 Å². The van der Waals surface area contributed by atoms with Crippen LogP contribution in [0.4, 0.5) is 0 Å². The van der Waals surface area contributed by atoms with Crippen molar-refractivity contribution >= 4 is 12.0 Å². The van der Waals surface area contributed by atoms with Crippen LogP contribution in [-0.2, 0) is 4.79 Å². The summed E-state index contributed by atoms with van der Waals surface area (Å²) in [6.07, 6.45) is 12.1. The quantitative estimate of drug-likeness (QED) is 0.506. The van der Waals surface area contributed by atoms with Crippen LogP contribution in [0.1, 0.15) is 63.4 Å². The Morgan fingerprint density at radius 2 is 1.85 bits per heavy atom. The third-order valence-corrected chi connectivity index (χ3v) is 3.24. The van der Waals surface area contributed by atoms with Crippen LogP contribution < -0.4 is 5.32 Å². The van der Waals surface area contributed by atoms with Gasteiger partial charge < -0.3 is 9.73 Å². The van der Waals surface area contributed by atoms with E-state index in [4.69, 9.17) is 4.42 Å². The van der Waals surface area contributed by atoms with Crippen molar-refractivity contribution in [1.82, 2.24) is 5.32 Å². The van der Waals surface area contributed by atoms with Crippen LogP contribution in [0.5, 0.6) is 0 Å². The van der Waals surface area contributed by atoms with E-state index >= 15 is 0 Å². The van der Waals surface area contributed by atoms with E-state index < -0.39 is 0 Å². The number of hydrogen-bond acceptors (Lipinski definition) is 2. The van der Waals surface area contributed by atoms with E-state index in [2.05, 4.69) is 12.2 Å². The lowest BCUT2D eigenvalue weighted by atomic mass is 10.1. The standard InChI is InChI=1S/C17H27NO2/c1-3-4-5-6-7-8-9-14-18-17(19)13-12-16-11-10-15(2)20-16/h10-13H,3-9,14H2,1-2H3,(H,18,19)/b13-12+. The minimum absolute atomic E-state index is 0.0509. The number of rotatable bonds is 10. The van der Waals surface area contributed by atoms with Crippen molar-refractivity contribution in [2.75, 3.05) is 6.54 Å². The molecule has 0 spiro atoms. The Labute approximate surface area is 122 Å². The van der Waals surface area contributed by atoms with Crippen LogP contribution in [-0.4, -0.2) is 12.5 Å². The van der Waals surface area contributed by atoms with E-state index in [-0.39, 0.29) is 5.91 Å². The molecule has 0 radical (unpaired) electrons. The van der Waals surface area contributed by atoms with Crippen LogP contribution in [0.25, 0.3) is 6.08 Å². The molecule has 1 amide bonds. The second kappa shape index (κ2) is 10.3. The average Bonchev–Trinajstić information content (AvgIpc) is 2.85. The number of nitrogens with one attached hydrogen (secondary N) is 1. The molecule has 1 aromatic rings. The molecule has 1 N–H and O–H groups in total. The molecular weight excluding hydrogens is 250 g/mol. The molecule has 0 fully saturated rings. The van der Waals surface area contributed by atoms with Gasteiger partial charge in [-0.2, -0.15) is 0 Å². The van der Waals surface area contributed by atoms with Crippen molar-refractivity contribution in [3.8, 4) is 0 Å². The van der Waals surface area contributed by atoms with Crippen LogP contribution >= 0.6 is 0 Å². The van der Waals surface area contributed by atoms with Gasteiger partial charge in [0.15, 0.2) is 0 Å². The van der Waals surface area contributed by atoms with Gasteiger partial charge in [0.05, 0.1) is 0 Å². The maximum Gasteiger partial charge on any atom is 0.244 e. The van der Waals surface area contributed by atoms with Gasteiger partial charge in [-0.3, -0.25) is 4.79 Å². The maximum absolute atomic E-state index is 11.6. The Morgan fingerprint density at radius 1 is 1.15 bits per heavy atom. The van der Waals surface area contributed by atoms with Gasteiger partial charge in [-0.15, -0.1) is 0 Å². The molecule has 1 rings (SSSR count). The van der Waals surface area contributed by atoms with E-state index in [0.29, 0.717) is 5.76 Å². The van der Waals surface area contributed by atoms with Gasteiger partial charge in [0.2, 0.25) is 5.91 Å². The highest BCUT2D eigenvalue weighted by molar-refractivity contribution is 5.91. The molecule has 3 heteroatoms. The summed E-state index contributed by atoms with van der Waals surface area (Å²) in [7, 11) is 0. The van der Waals surface area contributed by atoms with Crippen molar-refractivity contribution in [3.63, 3.8) is 0 Å². The molecule has 0 aliphatic carbocycles. The largest absolute Gasteiger partial charge is 0.462 e. The van der Waals surface area contributed by atoms with Crippen LogP contribution in [0, 0.1) is 6.92 Å².